The lowest BCUT2D eigenvalue weighted by molar-refractivity contribution is 0.0284. The van der Waals surface area contributed by atoms with Gasteiger partial charge in [-0.05, 0) is 63.1 Å². The number of halogens is 1. The van der Waals surface area contributed by atoms with Gasteiger partial charge in [0.1, 0.15) is 28.5 Å². The highest BCUT2D eigenvalue weighted by atomic mass is 19.1. The molecule has 13 heteroatoms. The van der Waals surface area contributed by atoms with Crippen molar-refractivity contribution >= 4 is 34.3 Å². The zero-order valence-electron chi connectivity index (χ0n) is 28.3. The Morgan fingerprint density at radius 2 is 1.94 bits per heavy atom. The minimum absolute atomic E-state index is 0.0187. The molecule has 0 N–H and O–H groups in total. The number of carbonyl (C=O) groups excluding carboxylic acids is 2. The fourth-order valence-corrected chi connectivity index (χ4v) is 6.50. The van der Waals surface area contributed by atoms with Crippen molar-refractivity contribution in [2.24, 2.45) is 5.92 Å². The van der Waals surface area contributed by atoms with Gasteiger partial charge in [0.25, 0.3) is 5.91 Å². The van der Waals surface area contributed by atoms with Crippen LogP contribution in [0.25, 0.3) is 10.8 Å². The number of benzene rings is 2. The molecule has 3 aliphatic heterocycles. The van der Waals surface area contributed by atoms with Crippen molar-refractivity contribution in [1.29, 1.82) is 0 Å². The lowest BCUT2D eigenvalue weighted by Gasteiger charge is -2.24. The summed E-state index contributed by atoms with van der Waals surface area (Å²) in [6, 6.07) is 6.89. The summed E-state index contributed by atoms with van der Waals surface area (Å²) in [5.41, 5.74) is 1.39. The Morgan fingerprint density at radius 3 is 2.71 bits per heavy atom. The predicted octanol–water partition coefficient (Wildman–Crippen LogP) is 5.34. The summed E-state index contributed by atoms with van der Waals surface area (Å²) in [6.07, 6.45) is 1.64. The zero-order chi connectivity index (χ0) is 34.0. The van der Waals surface area contributed by atoms with E-state index >= 15 is 4.39 Å². The summed E-state index contributed by atoms with van der Waals surface area (Å²) < 4.78 is 43.5. The molecule has 0 bridgehead atoms. The van der Waals surface area contributed by atoms with Crippen LogP contribution in [0, 0.1) is 11.7 Å². The topological polar surface area (TPSA) is 116 Å². The number of anilines is 2. The summed E-state index contributed by atoms with van der Waals surface area (Å²) in [7, 11) is 1.53. The Bertz CT molecular complexity index is 1670. The highest BCUT2D eigenvalue weighted by molar-refractivity contribution is 6.16. The molecule has 258 valence electrons. The molecule has 0 radical (unpaired) electrons. The van der Waals surface area contributed by atoms with Crippen molar-refractivity contribution in [3.63, 3.8) is 0 Å². The number of carbonyl (C=O) groups is 2. The summed E-state index contributed by atoms with van der Waals surface area (Å²) >= 11 is 0. The van der Waals surface area contributed by atoms with Crippen LogP contribution in [0.5, 0.6) is 11.8 Å². The van der Waals surface area contributed by atoms with Gasteiger partial charge in [-0.15, -0.1) is 0 Å². The number of hydrogen-bond donors (Lipinski definition) is 0. The zero-order valence-corrected chi connectivity index (χ0v) is 28.3. The number of methoxy groups -OCH3 is 1. The number of ether oxygens (including phenoxy) is 5. The molecule has 1 aromatic heterocycles. The molecule has 48 heavy (non-hydrogen) atoms. The number of nitrogens with zero attached hydrogens (tertiary/aromatic N) is 5. The Kier molecular flexibility index (Phi) is 9.88. The lowest BCUT2D eigenvalue weighted by atomic mass is 9.99. The fraction of sp³-hybridized carbons (Fsp3) is 0.543. The van der Waals surface area contributed by atoms with Crippen molar-refractivity contribution in [3.05, 3.63) is 46.9 Å². The molecule has 0 aliphatic carbocycles. The van der Waals surface area contributed by atoms with Gasteiger partial charge in [0.15, 0.2) is 6.79 Å². The first-order valence-corrected chi connectivity index (χ1v) is 16.6. The van der Waals surface area contributed by atoms with E-state index < -0.39 is 5.60 Å². The first-order chi connectivity index (χ1) is 23.1. The SMILES string of the molecule is CCc1c(F)ccc2cc(OCOC)cc(N3Cc4nc(OCC5CCN(C(=O)OC(C)(C)C)C5)nc(N5CCCOCC5)c4C3=O)c12. The van der Waals surface area contributed by atoms with E-state index in [0.29, 0.717) is 91.9 Å². The van der Waals surface area contributed by atoms with Gasteiger partial charge in [0.05, 0.1) is 31.1 Å². The van der Waals surface area contributed by atoms with Gasteiger partial charge in [-0.1, -0.05) is 13.0 Å². The van der Waals surface area contributed by atoms with Gasteiger partial charge in [-0.3, -0.25) is 4.79 Å². The van der Waals surface area contributed by atoms with Crippen LogP contribution in [0.1, 0.15) is 62.2 Å². The third-order valence-electron chi connectivity index (χ3n) is 8.73. The van der Waals surface area contributed by atoms with E-state index in [2.05, 4.69) is 4.90 Å². The Morgan fingerprint density at radius 1 is 1.10 bits per heavy atom. The highest BCUT2D eigenvalue weighted by Crippen LogP contribution is 2.41. The maximum Gasteiger partial charge on any atom is 0.410 e. The molecule has 2 aromatic carbocycles. The molecule has 3 aromatic rings. The van der Waals surface area contributed by atoms with E-state index in [4.69, 9.17) is 33.7 Å². The van der Waals surface area contributed by atoms with Gasteiger partial charge in [-0.2, -0.15) is 9.97 Å². The van der Waals surface area contributed by atoms with Crippen LogP contribution >= 0.6 is 0 Å². The van der Waals surface area contributed by atoms with E-state index in [1.54, 1.807) is 21.9 Å². The summed E-state index contributed by atoms with van der Waals surface area (Å²) in [4.78, 5) is 41.9. The van der Waals surface area contributed by atoms with Crippen LogP contribution in [-0.4, -0.2) is 92.4 Å². The van der Waals surface area contributed by atoms with Gasteiger partial charge in [0.2, 0.25) is 0 Å². The number of hydrogen-bond acceptors (Lipinski definition) is 10. The number of aromatic nitrogens is 2. The van der Waals surface area contributed by atoms with Crippen LogP contribution < -0.4 is 19.3 Å². The molecule has 12 nitrogen and oxygen atoms in total. The van der Waals surface area contributed by atoms with E-state index in [1.807, 2.05) is 33.8 Å². The standard InChI is InChI=1S/C35H44FN5O7/c1-6-25-26(36)9-8-23-16-24(47-21-44-5)17-28(29(23)25)41-19-27-30(32(41)42)31(39-11-7-14-45-15-13-39)38-33(37-27)46-20-22-10-12-40(18-22)34(43)48-35(2,3)4/h8-9,16-17,22H,6-7,10-15,18-21H2,1-5H3. The Labute approximate surface area is 280 Å². The molecular weight excluding hydrogens is 621 g/mol. The third kappa shape index (κ3) is 7.12. The molecule has 2 fully saturated rings. The van der Waals surface area contributed by atoms with Crippen LogP contribution in [-0.2, 0) is 27.2 Å². The monoisotopic (exact) mass is 665 g/mol. The quantitative estimate of drug-likeness (QED) is 0.278. The number of fused-ring (bicyclic) bond motifs is 2. The van der Waals surface area contributed by atoms with Crippen molar-refractivity contribution < 1.29 is 37.7 Å². The van der Waals surface area contributed by atoms with E-state index in [0.717, 1.165) is 18.2 Å². The number of rotatable bonds is 9. The molecule has 4 heterocycles. The number of likely N-dealkylation sites (tertiary alicyclic amines) is 1. The van der Waals surface area contributed by atoms with Crippen LogP contribution in [0.4, 0.5) is 20.7 Å². The second-order valence-electron chi connectivity index (χ2n) is 13.4. The van der Waals surface area contributed by atoms with Gasteiger partial charge in [-0.25, -0.2) is 9.18 Å². The van der Waals surface area contributed by atoms with E-state index in [-0.39, 0.29) is 43.1 Å². The van der Waals surface area contributed by atoms with Gasteiger partial charge < -0.3 is 38.4 Å². The molecule has 2 saturated heterocycles. The second kappa shape index (κ2) is 14.1. The number of amides is 2. The molecule has 3 aliphatic rings. The lowest BCUT2D eigenvalue weighted by Crippen LogP contribution is -2.35. The minimum atomic E-state index is -0.569. The Hall–Kier alpha value is -4.23. The van der Waals surface area contributed by atoms with Crippen molar-refractivity contribution in [2.45, 2.75) is 59.1 Å². The average Bonchev–Trinajstić information content (AvgIpc) is 3.55. The smallest absolute Gasteiger partial charge is 0.410 e. The first-order valence-electron chi connectivity index (χ1n) is 16.6. The summed E-state index contributed by atoms with van der Waals surface area (Å²) in [5.74, 6) is 0.448. The maximum absolute atomic E-state index is 15.2. The van der Waals surface area contributed by atoms with Crippen molar-refractivity contribution in [3.8, 4) is 11.8 Å². The summed E-state index contributed by atoms with van der Waals surface area (Å²) in [6.45, 7) is 11.3. The van der Waals surface area contributed by atoms with Crippen molar-refractivity contribution in [1.82, 2.24) is 14.9 Å². The predicted molar refractivity (Wildman–Crippen MR) is 177 cm³/mol. The van der Waals surface area contributed by atoms with Gasteiger partial charge in [0, 0.05) is 57.3 Å². The highest BCUT2D eigenvalue weighted by Gasteiger charge is 2.38. The van der Waals surface area contributed by atoms with Crippen molar-refractivity contribution in [2.75, 3.05) is 69.7 Å². The normalized spacial score (nSPS) is 18.3. The molecule has 1 atom stereocenters. The Balaban J connectivity index is 1.32. The largest absolute Gasteiger partial charge is 0.467 e. The molecule has 2 amide bonds. The average molecular weight is 666 g/mol. The second-order valence-corrected chi connectivity index (χ2v) is 13.4. The van der Waals surface area contributed by atoms with E-state index in [9.17, 15) is 9.59 Å². The maximum atomic E-state index is 15.2. The van der Waals surface area contributed by atoms with E-state index in [1.165, 1.54) is 13.2 Å². The minimum Gasteiger partial charge on any atom is -0.467 e. The third-order valence-corrected chi connectivity index (χ3v) is 8.73. The fourth-order valence-electron chi connectivity index (χ4n) is 6.50. The van der Waals surface area contributed by atoms with Crippen LogP contribution in [0.3, 0.4) is 0 Å². The molecule has 0 saturated carbocycles. The molecule has 1 unspecified atom stereocenters. The molecular formula is C35H44FN5O7. The summed E-state index contributed by atoms with van der Waals surface area (Å²) in [5, 5.41) is 1.39. The molecule has 0 spiro atoms. The van der Waals surface area contributed by atoms with Crippen LogP contribution in [0.15, 0.2) is 24.3 Å². The first kappa shape index (κ1) is 33.7. The van der Waals surface area contributed by atoms with Crippen LogP contribution in [0.2, 0.25) is 0 Å². The number of aryl methyl sites for hydroxylation is 1. The molecule has 6 rings (SSSR count). The van der Waals surface area contributed by atoms with Gasteiger partial charge >= 0.3 is 12.1 Å².